The molecule has 0 aromatic carbocycles. The summed E-state index contributed by atoms with van der Waals surface area (Å²) < 4.78 is 10.2. The van der Waals surface area contributed by atoms with Gasteiger partial charge in [0.05, 0.1) is 25.5 Å². The van der Waals surface area contributed by atoms with E-state index in [0.717, 1.165) is 16.7 Å². The first kappa shape index (κ1) is 13.2. The molecule has 0 aliphatic rings. The first-order valence-corrected chi connectivity index (χ1v) is 5.96. The van der Waals surface area contributed by atoms with Gasteiger partial charge in [0.1, 0.15) is 5.00 Å². The zero-order valence-electron chi connectivity index (χ0n) is 9.97. The summed E-state index contributed by atoms with van der Waals surface area (Å²) in [6.07, 6.45) is 1.68. The smallest absolute Gasteiger partial charge is 0.187 e. The molecule has 1 aromatic heterocycles. The van der Waals surface area contributed by atoms with Gasteiger partial charge in [-0.05, 0) is 6.92 Å². The summed E-state index contributed by atoms with van der Waals surface area (Å²) in [6, 6.07) is 0.255. The Kier molecular flexibility index (Phi) is 5.51. The van der Waals surface area contributed by atoms with Gasteiger partial charge in [-0.3, -0.25) is 0 Å². The predicted molar refractivity (Wildman–Crippen MR) is 67.1 cm³/mol. The highest BCUT2D eigenvalue weighted by Gasteiger charge is 2.17. The second-order valence-electron chi connectivity index (χ2n) is 3.54. The molecule has 0 aliphatic heterocycles. The molecular weight excluding hydrogens is 226 g/mol. The molecule has 0 saturated heterocycles. The summed E-state index contributed by atoms with van der Waals surface area (Å²) in [5, 5.41) is 1.64. The van der Waals surface area contributed by atoms with Gasteiger partial charge in [-0.1, -0.05) is 11.3 Å². The minimum atomic E-state index is 0.255. The molecule has 0 fully saturated rings. The Labute approximate surface area is 100 Å². The number of nitrogens with two attached hydrogens (primary N) is 1. The van der Waals surface area contributed by atoms with Crippen LogP contribution in [0.15, 0.2) is 6.20 Å². The molecule has 1 aromatic rings. The Balaban J connectivity index is 2.69. The van der Waals surface area contributed by atoms with Crippen LogP contribution in [0.2, 0.25) is 0 Å². The first-order chi connectivity index (χ1) is 7.69. The van der Waals surface area contributed by atoms with Crippen molar-refractivity contribution < 1.29 is 9.47 Å². The highest BCUT2D eigenvalue weighted by molar-refractivity contribution is 7.19. The minimum absolute atomic E-state index is 0.255. The molecule has 0 amide bonds. The molecular formula is C10H19N3O2S. The van der Waals surface area contributed by atoms with Crippen molar-refractivity contribution in [2.24, 2.45) is 0 Å². The fraction of sp³-hybridized carbons (Fsp3) is 0.700. The lowest BCUT2D eigenvalue weighted by Crippen LogP contribution is -2.38. The maximum Gasteiger partial charge on any atom is 0.187 e. The average molecular weight is 245 g/mol. The number of methoxy groups -OCH3 is 2. The highest BCUT2D eigenvalue weighted by Crippen LogP contribution is 2.25. The second kappa shape index (κ2) is 6.67. The molecule has 1 atom stereocenters. The third-order valence-corrected chi connectivity index (χ3v) is 3.10. The third kappa shape index (κ3) is 3.62. The average Bonchev–Trinajstić information content (AvgIpc) is 2.66. The SMILES string of the molecule is COCCN(c1ncc(N)s1)C(C)COC. The van der Waals surface area contributed by atoms with Crippen LogP contribution in [-0.4, -0.2) is 45.0 Å². The van der Waals surface area contributed by atoms with E-state index in [0.29, 0.717) is 13.2 Å². The van der Waals surface area contributed by atoms with Crippen molar-refractivity contribution in [2.75, 3.05) is 44.6 Å². The number of thiazole rings is 1. The van der Waals surface area contributed by atoms with Gasteiger partial charge in [0.2, 0.25) is 0 Å². The molecule has 0 bridgehead atoms. The lowest BCUT2D eigenvalue weighted by atomic mass is 10.3. The zero-order valence-corrected chi connectivity index (χ0v) is 10.8. The van der Waals surface area contributed by atoms with Crippen LogP contribution in [0.1, 0.15) is 6.92 Å². The second-order valence-corrected chi connectivity index (χ2v) is 4.58. The predicted octanol–water partition coefficient (Wildman–Crippen LogP) is 1.21. The first-order valence-electron chi connectivity index (χ1n) is 5.14. The van der Waals surface area contributed by atoms with Gasteiger partial charge in [-0.25, -0.2) is 4.98 Å². The molecule has 2 N–H and O–H groups in total. The van der Waals surface area contributed by atoms with Gasteiger partial charge in [-0.15, -0.1) is 0 Å². The summed E-state index contributed by atoms with van der Waals surface area (Å²) in [5.74, 6) is 0. The molecule has 92 valence electrons. The topological polar surface area (TPSA) is 60.6 Å². The van der Waals surface area contributed by atoms with E-state index in [-0.39, 0.29) is 6.04 Å². The van der Waals surface area contributed by atoms with Gasteiger partial charge in [-0.2, -0.15) is 0 Å². The van der Waals surface area contributed by atoms with Gasteiger partial charge in [0.15, 0.2) is 5.13 Å². The van der Waals surface area contributed by atoms with Crippen molar-refractivity contribution in [1.82, 2.24) is 4.98 Å². The van der Waals surface area contributed by atoms with Crippen molar-refractivity contribution in [3.05, 3.63) is 6.20 Å². The molecule has 5 nitrogen and oxygen atoms in total. The normalized spacial score (nSPS) is 12.7. The van der Waals surface area contributed by atoms with E-state index in [9.17, 15) is 0 Å². The number of nitrogen functional groups attached to an aromatic ring is 1. The number of nitrogens with zero attached hydrogens (tertiary/aromatic N) is 2. The van der Waals surface area contributed by atoms with Crippen LogP contribution < -0.4 is 10.6 Å². The van der Waals surface area contributed by atoms with E-state index in [1.165, 1.54) is 11.3 Å². The molecule has 6 heteroatoms. The van der Waals surface area contributed by atoms with Crippen molar-refractivity contribution >= 4 is 21.5 Å². The summed E-state index contributed by atoms with van der Waals surface area (Å²) in [7, 11) is 3.39. The van der Waals surface area contributed by atoms with E-state index in [1.807, 2.05) is 0 Å². The van der Waals surface area contributed by atoms with E-state index in [1.54, 1.807) is 20.4 Å². The van der Waals surface area contributed by atoms with Crippen LogP contribution >= 0.6 is 11.3 Å². The van der Waals surface area contributed by atoms with Crippen LogP contribution in [0.25, 0.3) is 0 Å². The molecule has 1 rings (SSSR count). The fourth-order valence-corrected chi connectivity index (χ4v) is 2.25. The summed E-state index contributed by atoms with van der Waals surface area (Å²) in [5.41, 5.74) is 5.69. The number of rotatable bonds is 7. The Morgan fingerprint density at radius 2 is 2.25 bits per heavy atom. The standard InChI is InChI=1S/C10H19N3O2S/c1-8(7-15-3)13(4-5-14-2)10-12-6-9(11)16-10/h6,8H,4-5,7,11H2,1-3H3. The Morgan fingerprint density at radius 1 is 1.50 bits per heavy atom. The molecule has 0 saturated carbocycles. The minimum Gasteiger partial charge on any atom is -0.389 e. The van der Waals surface area contributed by atoms with Gasteiger partial charge in [0.25, 0.3) is 0 Å². The Bertz CT molecular complexity index is 306. The zero-order chi connectivity index (χ0) is 12.0. The number of ether oxygens (including phenoxy) is 2. The van der Waals surface area contributed by atoms with E-state index < -0.39 is 0 Å². The van der Waals surface area contributed by atoms with Crippen LogP contribution in [0.4, 0.5) is 10.1 Å². The third-order valence-electron chi connectivity index (χ3n) is 2.23. The van der Waals surface area contributed by atoms with Crippen LogP contribution in [0.5, 0.6) is 0 Å². The van der Waals surface area contributed by atoms with E-state index in [4.69, 9.17) is 15.2 Å². The Hall–Kier alpha value is -0.850. The molecule has 1 heterocycles. The van der Waals surface area contributed by atoms with Gasteiger partial charge >= 0.3 is 0 Å². The van der Waals surface area contributed by atoms with Crippen molar-refractivity contribution in [3.8, 4) is 0 Å². The van der Waals surface area contributed by atoms with Crippen molar-refractivity contribution in [2.45, 2.75) is 13.0 Å². The molecule has 0 aliphatic carbocycles. The fourth-order valence-electron chi connectivity index (χ4n) is 1.44. The van der Waals surface area contributed by atoms with Crippen LogP contribution in [0.3, 0.4) is 0 Å². The molecule has 0 radical (unpaired) electrons. The number of anilines is 2. The van der Waals surface area contributed by atoms with Crippen molar-refractivity contribution in [1.29, 1.82) is 0 Å². The monoisotopic (exact) mass is 245 g/mol. The molecule has 0 spiro atoms. The number of hydrogen-bond donors (Lipinski definition) is 1. The van der Waals surface area contributed by atoms with Gasteiger partial charge in [0, 0.05) is 20.8 Å². The lowest BCUT2D eigenvalue weighted by molar-refractivity contribution is 0.171. The van der Waals surface area contributed by atoms with E-state index in [2.05, 4.69) is 16.8 Å². The summed E-state index contributed by atoms with van der Waals surface area (Å²) in [4.78, 5) is 6.43. The van der Waals surface area contributed by atoms with Crippen molar-refractivity contribution in [3.63, 3.8) is 0 Å². The lowest BCUT2D eigenvalue weighted by Gasteiger charge is -2.27. The highest BCUT2D eigenvalue weighted by atomic mass is 32.1. The van der Waals surface area contributed by atoms with Gasteiger partial charge < -0.3 is 20.1 Å². The summed E-state index contributed by atoms with van der Waals surface area (Å²) in [6.45, 7) is 4.20. The van der Waals surface area contributed by atoms with Crippen LogP contribution in [-0.2, 0) is 9.47 Å². The Morgan fingerprint density at radius 3 is 2.75 bits per heavy atom. The largest absolute Gasteiger partial charge is 0.389 e. The van der Waals surface area contributed by atoms with Crippen LogP contribution in [0, 0.1) is 0 Å². The van der Waals surface area contributed by atoms with E-state index >= 15 is 0 Å². The number of hydrogen-bond acceptors (Lipinski definition) is 6. The summed E-state index contributed by atoms with van der Waals surface area (Å²) >= 11 is 1.48. The quantitative estimate of drug-likeness (QED) is 0.782. The molecule has 1 unspecified atom stereocenters. The maximum absolute atomic E-state index is 5.69. The maximum atomic E-state index is 5.69. The number of aromatic nitrogens is 1. The molecule has 16 heavy (non-hydrogen) atoms.